The lowest BCUT2D eigenvalue weighted by Crippen LogP contribution is -2.07. The van der Waals surface area contributed by atoms with Crippen LogP contribution in [0.4, 0.5) is 0 Å². The third-order valence-electron chi connectivity index (χ3n) is 2.44. The monoisotopic (exact) mass is 322 g/mol. The number of halogens is 1. The largest absolute Gasteiger partial charge is 0.364 e. The van der Waals surface area contributed by atoms with Crippen molar-refractivity contribution in [3.8, 4) is 0 Å². The fourth-order valence-corrected chi connectivity index (χ4v) is 3.52. The molecule has 1 aromatic rings. The first kappa shape index (κ1) is 14.9. The summed E-state index contributed by atoms with van der Waals surface area (Å²) in [7, 11) is 0.859. The van der Waals surface area contributed by atoms with Crippen LogP contribution in [0.15, 0.2) is 22.7 Å². The Morgan fingerprint density at radius 3 is 2.29 bits per heavy atom. The minimum Gasteiger partial charge on any atom is -0.364 e. The maximum Gasteiger partial charge on any atom is 0.363 e. The molecule has 4 nitrogen and oxygen atoms in total. The van der Waals surface area contributed by atoms with Gasteiger partial charge in [0.1, 0.15) is 0 Å². The average molecular weight is 323 g/mol. The smallest absolute Gasteiger partial charge is 0.363 e. The maximum absolute atomic E-state index is 12.4. The fourth-order valence-electron chi connectivity index (χ4n) is 1.54. The van der Waals surface area contributed by atoms with Gasteiger partial charge in [-0.05, 0) is 13.0 Å². The highest BCUT2D eigenvalue weighted by molar-refractivity contribution is 9.10. The molecule has 0 saturated carbocycles. The van der Waals surface area contributed by atoms with Gasteiger partial charge in [0.05, 0.1) is 0 Å². The van der Waals surface area contributed by atoms with Gasteiger partial charge in [0.2, 0.25) is 0 Å². The van der Waals surface area contributed by atoms with E-state index in [0.717, 1.165) is 15.6 Å². The van der Waals surface area contributed by atoms with Crippen molar-refractivity contribution >= 4 is 23.5 Å². The third-order valence-corrected chi connectivity index (χ3v) is 5.24. The lowest BCUT2D eigenvalue weighted by Gasteiger charge is -2.24. The molecule has 1 atom stereocenters. The normalized spacial score (nSPS) is 13.7. The van der Waals surface area contributed by atoms with Crippen LogP contribution in [0.25, 0.3) is 0 Å². The molecule has 0 heterocycles. The Balaban J connectivity index is 3.26. The highest BCUT2D eigenvalue weighted by Gasteiger charge is 2.36. The summed E-state index contributed by atoms with van der Waals surface area (Å²) < 4.78 is 28.4. The van der Waals surface area contributed by atoms with Crippen LogP contribution in [0.2, 0.25) is 0 Å². The Hall–Kier alpha value is -0.190. The minimum absolute atomic E-state index is 0.744. The molecule has 0 bridgehead atoms. The summed E-state index contributed by atoms with van der Waals surface area (Å²) in [5.74, 6) is -0.744. The van der Waals surface area contributed by atoms with Gasteiger partial charge in [-0.15, -0.1) is 0 Å². The molecule has 0 saturated heterocycles. The summed E-state index contributed by atoms with van der Waals surface area (Å²) in [6.45, 7) is 1.95. The first-order valence-corrected chi connectivity index (χ1v) is 7.39. The molecule has 0 aliphatic carbocycles. The molecule has 0 aliphatic heterocycles. The zero-order valence-electron chi connectivity index (χ0n) is 10.3. The van der Waals surface area contributed by atoms with E-state index in [1.54, 1.807) is 0 Å². The number of hydrogen-bond donors (Lipinski definition) is 0. The van der Waals surface area contributed by atoms with Gasteiger partial charge >= 0.3 is 7.60 Å². The van der Waals surface area contributed by atoms with Crippen LogP contribution in [0.3, 0.4) is 0 Å². The number of benzene rings is 1. The predicted molar refractivity (Wildman–Crippen MR) is 70.3 cm³/mol. The average Bonchev–Trinajstić information content (AvgIpc) is 2.34. The van der Waals surface area contributed by atoms with Gasteiger partial charge in [-0.1, -0.05) is 33.6 Å². The second-order valence-corrected chi connectivity index (χ2v) is 6.65. The summed E-state index contributed by atoms with van der Waals surface area (Å²) in [5, 5.41) is 0. The van der Waals surface area contributed by atoms with Crippen LogP contribution in [-0.4, -0.2) is 21.3 Å². The molecule has 6 heteroatoms. The molecule has 0 aliphatic rings. The Morgan fingerprint density at radius 2 is 1.82 bits per heavy atom. The SMILES string of the molecule is COC(c1cc(C)ccc1Br)P(=O)(OC)OC. The van der Waals surface area contributed by atoms with Crippen molar-refractivity contribution < 1.29 is 18.3 Å². The van der Waals surface area contributed by atoms with Crippen LogP contribution in [0, 0.1) is 6.92 Å². The lowest BCUT2D eigenvalue weighted by molar-refractivity contribution is 0.122. The van der Waals surface area contributed by atoms with Crippen LogP contribution in [0.1, 0.15) is 17.0 Å². The van der Waals surface area contributed by atoms with E-state index in [-0.39, 0.29) is 0 Å². The summed E-state index contributed by atoms with van der Waals surface area (Å²) in [4.78, 5) is 0. The van der Waals surface area contributed by atoms with Crippen LogP contribution < -0.4 is 0 Å². The van der Waals surface area contributed by atoms with Gasteiger partial charge < -0.3 is 13.8 Å². The fraction of sp³-hybridized carbons (Fsp3) is 0.455. The van der Waals surface area contributed by atoms with Crippen molar-refractivity contribution in [2.45, 2.75) is 12.8 Å². The molecule has 17 heavy (non-hydrogen) atoms. The molecule has 1 rings (SSSR count). The molecule has 1 aromatic carbocycles. The standard InChI is InChI=1S/C11H16BrO4P/c1-8-5-6-10(12)9(7-8)11(14-2)17(13,15-3)16-4/h5-7,11H,1-4H3. The molecule has 0 fully saturated rings. The van der Waals surface area contributed by atoms with Gasteiger partial charge in [-0.3, -0.25) is 4.57 Å². The van der Waals surface area contributed by atoms with E-state index in [1.165, 1.54) is 21.3 Å². The zero-order valence-corrected chi connectivity index (χ0v) is 12.7. The molecule has 96 valence electrons. The Kier molecular flexibility index (Phi) is 5.35. The third kappa shape index (κ3) is 3.18. The van der Waals surface area contributed by atoms with Crippen molar-refractivity contribution in [3.05, 3.63) is 33.8 Å². The predicted octanol–water partition coefficient (Wildman–Crippen LogP) is 3.89. The summed E-state index contributed by atoms with van der Waals surface area (Å²) >= 11 is 3.41. The van der Waals surface area contributed by atoms with Crippen molar-refractivity contribution in [1.29, 1.82) is 0 Å². The van der Waals surface area contributed by atoms with Gasteiger partial charge in [0.25, 0.3) is 0 Å². The van der Waals surface area contributed by atoms with E-state index >= 15 is 0 Å². The van der Waals surface area contributed by atoms with Gasteiger partial charge in [0, 0.05) is 31.4 Å². The van der Waals surface area contributed by atoms with Gasteiger partial charge in [-0.25, -0.2) is 0 Å². The first-order valence-electron chi connectivity index (χ1n) is 4.98. The van der Waals surface area contributed by atoms with E-state index in [2.05, 4.69) is 15.9 Å². The van der Waals surface area contributed by atoms with Gasteiger partial charge in [-0.2, -0.15) is 0 Å². The molecule has 0 spiro atoms. The molecule has 0 radical (unpaired) electrons. The highest BCUT2D eigenvalue weighted by Crippen LogP contribution is 2.61. The number of ether oxygens (including phenoxy) is 1. The van der Waals surface area contributed by atoms with E-state index in [1.807, 2.05) is 25.1 Å². The molecule has 0 aromatic heterocycles. The molecular formula is C11H16BrO4P. The van der Waals surface area contributed by atoms with Crippen molar-refractivity contribution in [2.75, 3.05) is 21.3 Å². The van der Waals surface area contributed by atoms with Crippen molar-refractivity contribution in [2.24, 2.45) is 0 Å². The van der Waals surface area contributed by atoms with E-state index in [0.29, 0.717) is 0 Å². The minimum atomic E-state index is -3.31. The Bertz CT molecular complexity index is 427. The first-order chi connectivity index (χ1) is 7.98. The molecular weight excluding hydrogens is 307 g/mol. The summed E-state index contributed by atoms with van der Waals surface area (Å²) in [5.41, 5.74) is 1.79. The topological polar surface area (TPSA) is 44.8 Å². The number of rotatable bonds is 5. The Labute approximate surface area is 110 Å². The summed E-state index contributed by atoms with van der Waals surface area (Å²) in [6.07, 6.45) is 0. The highest BCUT2D eigenvalue weighted by atomic mass is 79.9. The second kappa shape index (κ2) is 6.12. The van der Waals surface area contributed by atoms with E-state index in [4.69, 9.17) is 13.8 Å². The molecule has 0 N–H and O–H groups in total. The molecule has 1 unspecified atom stereocenters. The van der Waals surface area contributed by atoms with Crippen molar-refractivity contribution in [1.82, 2.24) is 0 Å². The zero-order chi connectivity index (χ0) is 13.1. The molecule has 0 amide bonds. The number of hydrogen-bond acceptors (Lipinski definition) is 4. The Morgan fingerprint density at radius 1 is 1.24 bits per heavy atom. The second-order valence-electron chi connectivity index (χ2n) is 3.52. The van der Waals surface area contributed by atoms with E-state index in [9.17, 15) is 4.57 Å². The van der Waals surface area contributed by atoms with Crippen LogP contribution in [-0.2, 0) is 18.3 Å². The van der Waals surface area contributed by atoms with Crippen LogP contribution >= 0.6 is 23.5 Å². The van der Waals surface area contributed by atoms with Crippen LogP contribution in [0.5, 0.6) is 0 Å². The van der Waals surface area contributed by atoms with E-state index < -0.39 is 13.4 Å². The summed E-state index contributed by atoms with van der Waals surface area (Å²) in [6, 6.07) is 5.72. The van der Waals surface area contributed by atoms with Crippen molar-refractivity contribution in [3.63, 3.8) is 0 Å². The van der Waals surface area contributed by atoms with Gasteiger partial charge in [0.15, 0.2) is 5.85 Å². The quantitative estimate of drug-likeness (QED) is 0.771. The maximum atomic E-state index is 12.4. The lowest BCUT2D eigenvalue weighted by atomic mass is 10.1. The number of methoxy groups -OCH3 is 1. The number of aryl methyl sites for hydroxylation is 1.